The molecule has 3 aliphatic rings. The lowest BCUT2D eigenvalue weighted by Crippen LogP contribution is -2.47. The van der Waals surface area contributed by atoms with Gasteiger partial charge in [0.1, 0.15) is 0 Å². The Morgan fingerprint density at radius 2 is 2.07 bits per heavy atom. The van der Waals surface area contributed by atoms with Gasteiger partial charge in [0.05, 0.1) is 18.2 Å². The maximum absolute atomic E-state index is 13.1. The Hall–Kier alpha value is -2.38. The molecule has 1 aliphatic carbocycles. The molecule has 3 heterocycles. The molecule has 152 valence electrons. The van der Waals surface area contributed by atoms with E-state index in [2.05, 4.69) is 10.4 Å². The monoisotopic (exact) mass is 387 g/mol. The van der Waals surface area contributed by atoms with Crippen LogP contribution in [-0.2, 0) is 22.7 Å². The third-order valence-electron chi connectivity index (χ3n) is 5.81. The molecule has 8 nitrogen and oxygen atoms in total. The van der Waals surface area contributed by atoms with Gasteiger partial charge in [0.2, 0.25) is 11.8 Å². The van der Waals surface area contributed by atoms with E-state index in [4.69, 9.17) is 0 Å². The SMILES string of the molecule is CCCN1CC(C(=O)N2CCCn3nc(C(=O)NC4CC4)cc3C2)CCC1=O. The van der Waals surface area contributed by atoms with Crippen LogP contribution in [0, 0.1) is 5.92 Å². The van der Waals surface area contributed by atoms with Crippen molar-refractivity contribution < 1.29 is 14.4 Å². The summed E-state index contributed by atoms with van der Waals surface area (Å²) < 4.78 is 1.86. The van der Waals surface area contributed by atoms with Gasteiger partial charge in [0.25, 0.3) is 5.91 Å². The molecular weight excluding hydrogens is 358 g/mol. The van der Waals surface area contributed by atoms with Crippen molar-refractivity contribution >= 4 is 17.7 Å². The summed E-state index contributed by atoms with van der Waals surface area (Å²) in [5.41, 5.74) is 1.35. The zero-order valence-electron chi connectivity index (χ0n) is 16.5. The normalized spacial score (nSPS) is 22.6. The third kappa shape index (κ3) is 4.05. The Bertz CT molecular complexity index is 770. The van der Waals surface area contributed by atoms with Crippen molar-refractivity contribution in [3.63, 3.8) is 0 Å². The lowest BCUT2D eigenvalue weighted by atomic mass is 9.95. The molecule has 0 radical (unpaired) electrons. The quantitative estimate of drug-likeness (QED) is 0.821. The molecule has 0 aromatic carbocycles. The highest BCUT2D eigenvalue weighted by atomic mass is 16.2. The van der Waals surface area contributed by atoms with Crippen LogP contribution in [0.4, 0.5) is 0 Å². The number of fused-ring (bicyclic) bond motifs is 1. The maximum Gasteiger partial charge on any atom is 0.272 e. The summed E-state index contributed by atoms with van der Waals surface area (Å²) in [6.07, 6.45) is 4.88. The molecule has 1 atom stereocenters. The van der Waals surface area contributed by atoms with Gasteiger partial charge in [0, 0.05) is 38.6 Å². The minimum absolute atomic E-state index is 0.118. The molecule has 0 spiro atoms. The van der Waals surface area contributed by atoms with Crippen LogP contribution in [-0.4, -0.2) is 63.0 Å². The highest BCUT2D eigenvalue weighted by Crippen LogP contribution is 2.23. The predicted molar refractivity (Wildman–Crippen MR) is 102 cm³/mol. The van der Waals surface area contributed by atoms with E-state index < -0.39 is 0 Å². The Kier molecular flexibility index (Phi) is 5.37. The molecular formula is C20H29N5O3. The van der Waals surface area contributed by atoms with Crippen molar-refractivity contribution in [3.05, 3.63) is 17.5 Å². The van der Waals surface area contributed by atoms with Crippen molar-refractivity contribution in [1.82, 2.24) is 24.9 Å². The zero-order chi connectivity index (χ0) is 19.7. The largest absolute Gasteiger partial charge is 0.348 e. The fourth-order valence-electron chi connectivity index (χ4n) is 4.11. The van der Waals surface area contributed by atoms with E-state index in [-0.39, 0.29) is 23.6 Å². The Morgan fingerprint density at radius 1 is 1.25 bits per heavy atom. The van der Waals surface area contributed by atoms with Gasteiger partial charge in [-0.25, -0.2) is 0 Å². The second-order valence-corrected chi connectivity index (χ2v) is 8.18. The molecule has 1 saturated carbocycles. The number of likely N-dealkylation sites (tertiary alicyclic amines) is 1. The second-order valence-electron chi connectivity index (χ2n) is 8.18. The highest BCUT2D eigenvalue weighted by Gasteiger charge is 2.33. The van der Waals surface area contributed by atoms with Gasteiger partial charge in [0.15, 0.2) is 5.69 Å². The van der Waals surface area contributed by atoms with Crippen LogP contribution >= 0.6 is 0 Å². The number of carbonyl (C=O) groups excluding carboxylic acids is 3. The number of aryl methyl sites for hydroxylation is 1. The van der Waals surface area contributed by atoms with Gasteiger partial charge in [-0.15, -0.1) is 0 Å². The Balaban J connectivity index is 1.43. The minimum atomic E-state index is -0.128. The topological polar surface area (TPSA) is 87.5 Å². The summed E-state index contributed by atoms with van der Waals surface area (Å²) >= 11 is 0. The van der Waals surface area contributed by atoms with Crippen LogP contribution in [0.1, 0.15) is 61.6 Å². The number of aromatic nitrogens is 2. The van der Waals surface area contributed by atoms with Gasteiger partial charge in [-0.2, -0.15) is 5.10 Å². The van der Waals surface area contributed by atoms with E-state index in [1.807, 2.05) is 27.5 Å². The summed E-state index contributed by atoms with van der Waals surface area (Å²) in [6.45, 7) is 5.16. The molecule has 28 heavy (non-hydrogen) atoms. The van der Waals surface area contributed by atoms with Crippen molar-refractivity contribution in [1.29, 1.82) is 0 Å². The van der Waals surface area contributed by atoms with Gasteiger partial charge >= 0.3 is 0 Å². The maximum atomic E-state index is 13.1. The van der Waals surface area contributed by atoms with Gasteiger partial charge in [-0.05, 0) is 38.2 Å². The van der Waals surface area contributed by atoms with E-state index in [9.17, 15) is 14.4 Å². The minimum Gasteiger partial charge on any atom is -0.348 e. The number of piperidine rings is 1. The van der Waals surface area contributed by atoms with Crippen molar-refractivity contribution in [2.45, 2.75) is 64.6 Å². The first-order chi connectivity index (χ1) is 13.5. The van der Waals surface area contributed by atoms with E-state index in [1.165, 1.54) is 0 Å². The van der Waals surface area contributed by atoms with Crippen LogP contribution in [0.25, 0.3) is 0 Å². The first-order valence-electron chi connectivity index (χ1n) is 10.5. The van der Waals surface area contributed by atoms with E-state index in [1.54, 1.807) is 0 Å². The average molecular weight is 387 g/mol. The number of nitrogens with one attached hydrogen (secondary N) is 1. The Labute approximate surface area is 165 Å². The van der Waals surface area contributed by atoms with E-state index in [0.717, 1.165) is 37.9 Å². The smallest absolute Gasteiger partial charge is 0.272 e. The summed E-state index contributed by atoms with van der Waals surface area (Å²) in [4.78, 5) is 41.2. The number of hydrogen-bond donors (Lipinski definition) is 1. The standard InChI is InChI=1S/C20H29N5O3/c1-2-8-23-12-14(4-7-18(23)26)20(28)24-9-3-10-25-16(13-24)11-17(22-25)19(27)21-15-5-6-15/h11,14-15H,2-10,12-13H2,1H3,(H,21,27). The van der Waals surface area contributed by atoms with E-state index >= 15 is 0 Å². The number of hydrogen-bond acceptors (Lipinski definition) is 4. The van der Waals surface area contributed by atoms with Gasteiger partial charge in [-0.1, -0.05) is 6.92 Å². The molecule has 4 rings (SSSR count). The Morgan fingerprint density at radius 3 is 2.82 bits per heavy atom. The van der Waals surface area contributed by atoms with Gasteiger partial charge in [-0.3, -0.25) is 19.1 Å². The summed E-state index contributed by atoms with van der Waals surface area (Å²) in [6, 6.07) is 2.11. The van der Waals surface area contributed by atoms with Gasteiger partial charge < -0.3 is 15.1 Å². The third-order valence-corrected chi connectivity index (χ3v) is 5.81. The van der Waals surface area contributed by atoms with Crippen LogP contribution in [0.5, 0.6) is 0 Å². The zero-order valence-corrected chi connectivity index (χ0v) is 16.5. The first kappa shape index (κ1) is 19.0. The number of rotatable bonds is 5. The van der Waals surface area contributed by atoms with Crippen LogP contribution in [0.3, 0.4) is 0 Å². The fraction of sp³-hybridized carbons (Fsp3) is 0.700. The molecule has 3 amide bonds. The molecule has 1 unspecified atom stereocenters. The van der Waals surface area contributed by atoms with Crippen LogP contribution in [0.2, 0.25) is 0 Å². The molecule has 1 aromatic heterocycles. The molecule has 1 saturated heterocycles. The van der Waals surface area contributed by atoms with Crippen LogP contribution < -0.4 is 5.32 Å². The van der Waals surface area contributed by atoms with Crippen molar-refractivity contribution in [2.24, 2.45) is 5.92 Å². The summed E-state index contributed by atoms with van der Waals surface area (Å²) in [5.74, 6) is 0.0247. The first-order valence-corrected chi connectivity index (χ1v) is 10.5. The van der Waals surface area contributed by atoms with Crippen LogP contribution in [0.15, 0.2) is 6.07 Å². The number of carbonyl (C=O) groups is 3. The summed E-state index contributed by atoms with van der Waals surface area (Å²) in [5, 5.41) is 7.43. The lowest BCUT2D eigenvalue weighted by molar-refractivity contribution is -0.143. The fourth-order valence-corrected chi connectivity index (χ4v) is 4.11. The molecule has 8 heteroatoms. The highest BCUT2D eigenvalue weighted by molar-refractivity contribution is 5.92. The molecule has 2 fully saturated rings. The molecule has 2 aliphatic heterocycles. The van der Waals surface area contributed by atoms with Crippen molar-refractivity contribution in [2.75, 3.05) is 19.6 Å². The lowest BCUT2D eigenvalue weighted by Gasteiger charge is -2.34. The average Bonchev–Trinajstić information content (AvgIpc) is 3.44. The summed E-state index contributed by atoms with van der Waals surface area (Å²) in [7, 11) is 0. The van der Waals surface area contributed by atoms with Crippen molar-refractivity contribution in [3.8, 4) is 0 Å². The molecule has 1 N–H and O–H groups in total. The number of amides is 3. The molecule has 1 aromatic rings. The molecule has 0 bridgehead atoms. The van der Waals surface area contributed by atoms with E-state index in [0.29, 0.717) is 50.8 Å². The number of nitrogens with zero attached hydrogens (tertiary/aromatic N) is 4. The predicted octanol–water partition coefficient (Wildman–Crippen LogP) is 1.16. The second kappa shape index (κ2) is 7.93.